The number of nitrogens with one attached hydrogen (secondary N) is 1. The van der Waals surface area contributed by atoms with Crippen LogP contribution in [0, 0.1) is 6.92 Å². The minimum Gasteiger partial charge on any atom is -0.401 e. The maximum atomic E-state index is 12.3. The lowest BCUT2D eigenvalue weighted by atomic mass is 10.0. The number of fused-ring (bicyclic) bond motifs is 1. The van der Waals surface area contributed by atoms with Gasteiger partial charge in [-0.3, -0.25) is 10.1 Å². The molecule has 124 valence electrons. The number of rotatable bonds is 4. The molecule has 0 saturated carbocycles. The first-order valence-corrected chi connectivity index (χ1v) is 8.59. The Labute approximate surface area is 147 Å². The van der Waals surface area contributed by atoms with Crippen LogP contribution in [-0.4, -0.2) is 21.1 Å². The summed E-state index contributed by atoms with van der Waals surface area (Å²) in [5.74, 6) is 0.0887. The zero-order chi connectivity index (χ0) is 17.2. The van der Waals surface area contributed by atoms with Crippen LogP contribution in [0.15, 0.2) is 52.3 Å². The molecule has 2 heterocycles. The van der Waals surface area contributed by atoms with Crippen LogP contribution in [0.5, 0.6) is 0 Å². The van der Waals surface area contributed by atoms with E-state index in [2.05, 4.69) is 20.5 Å². The van der Waals surface area contributed by atoms with Gasteiger partial charge < -0.3 is 4.42 Å². The Bertz CT molecular complexity index is 1050. The number of thiazole rings is 1. The smallest absolute Gasteiger partial charge is 0.322 e. The summed E-state index contributed by atoms with van der Waals surface area (Å²) >= 11 is 1.50. The summed E-state index contributed by atoms with van der Waals surface area (Å²) < 4.78 is 5.47. The van der Waals surface area contributed by atoms with Crippen molar-refractivity contribution in [3.8, 4) is 11.6 Å². The summed E-state index contributed by atoms with van der Waals surface area (Å²) in [6, 6.07) is 14.0. The lowest BCUT2D eigenvalue weighted by Gasteiger charge is -2.05. The number of aromatic nitrogens is 3. The monoisotopic (exact) mass is 350 g/mol. The van der Waals surface area contributed by atoms with Gasteiger partial charge >= 0.3 is 6.01 Å². The third-order valence-electron chi connectivity index (χ3n) is 3.74. The Balaban J connectivity index is 1.50. The van der Waals surface area contributed by atoms with E-state index in [9.17, 15) is 4.79 Å². The van der Waals surface area contributed by atoms with Crippen LogP contribution in [0.4, 0.5) is 6.01 Å². The number of carbonyl (C=O) groups excluding carboxylic acids is 1. The molecule has 0 radical (unpaired) electrons. The highest BCUT2D eigenvalue weighted by atomic mass is 32.1. The van der Waals surface area contributed by atoms with Gasteiger partial charge in [0, 0.05) is 5.38 Å². The molecule has 0 aliphatic heterocycles. The van der Waals surface area contributed by atoms with Gasteiger partial charge in [-0.05, 0) is 23.3 Å². The van der Waals surface area contributed by atoms with Crippen LogP contribution in [0.1, 0.15) is 10.6 Å². The van der Waals surface area contributed by atoms with Gasteiger partial charge in [0.15, 0.2) is 0 Å². The molecule has 1 amide bonds. The van der Waals surface area contributed by atoms with Crippen molar-refractivity contribution >= 4 is 34.0 Å². The third-order valence-corrected chi connectivity index (χ3v) is 4.51. The number of carbonyl (C=O) groups is 1. The molecule has 7 heteroatoms. The van der Waals surface area contributed by atoms with Crippen LogP contribution >= 0.6 is 11.3 Å². The minimum absolute atomic E-state index is 0.0749. The SMILES string of the molecule is Cc1nc(-c2nnc(NC(=O)Cc3cccc4ccccc34)o2)cs1. The highest BCUT2D eigenvalue weighted by Gasteiger charge is 2.14. The lowest BCUT2D eigenvalue weighted by Crippen LogP contribution is -2.14. The lowest BCUT2D eigenvalue weighted by molar-refractivity contribution is -0.115. The quantitative estimate of drug-likeness (QED) is 0.605. The van der Waals surface area contributed by atoms with Gasteiger partial charge in [0.2, 0.25) is 5.91 Å². The van der Waals surface area contributed by atoms with Gasteiger partial charge in [0.25, 0.3) is 5.89 Å². The van der Waals surface area contributed by atoms with Crippen LogP contribution < -0.4 is 5.32 Å². The highest BCUT2D eigenvalue weighted by Crippen LogP contribution is 2.22. The third kappa shape index (κ3) is 3.27. The van der Waals surface area contributed by atoms with E-state index in [1.807, 2.05) is 54.8 Å². The first kappa shape index (κ1) is 15.5. The summed E-state index contributed by atoms with van der Waals surface area (Å²) in [6.45, 7) is 1.90. The molecule has 0 unspecified atom stereocenters. The Morgan fingerprint density at radius 3 is 2.84 bits per heavy atom. The van der Waals surface area contributed by atoms with Crippen molar-refractivity contribution in [2.24, 2.45) is 0 Å². The number of nitrogens with zero attached hydrogens (tertiary/aromatic N) is 3. The van der Waals surface area contributed by atoms with E-state index in [0.29, 0.717) is 11.6 Å². The number of hydrogen-bond donors (Lipinski definition) is 1. The predicted octanol–water partition coefficient (Wildman–Crippen LogP) is 3.84. The summed E-state index contributed by atoms with van der Waals surface area (Å²) in [6.07, 6.45) is 0.231. The van der Waals surface area contributed by atoms with Crippen molar-refractivity contribution in [2.75, 3.05) is 5.32 Å². The van der Waals surface area contributed by atoms with Gasteiger partial charge in [-0.25, -0.2) is 4.98 Å². The molecule has 0 aliphatic rings. The predicted molar refractivity (Wildman–Crippen MR) is 96.4 cm³/mol. The fourth-order valence-electron chi connectivity index (χ4n) is 2.62. The summed E-state index contributed by atoms with van der Waals surface area (Å²) in [4.78, 5) is 16.6. The second kappa shape index (κ2) is 6.45. The van der Waals surface area contributed by atoms with Gasteiger partial charge in [-0.2, -0.15) is 0 Å². The van der Waals surface area contributed by atoms with E-state index in [1.165, 1.54) is 11.3 Å². The normalized spacial score (nSPS) is 10.9. The van der Waals surface area contributed by atoms with Crippen molar-refractivity contribution in [2.45, 2.75) is 13.3 Å². The summed E-state index contributed by atoms with van der Waals surface area (Å²) in [5, 5.41) is 15.3. The molecule has 0 fully saturated rings. The van der Waals surface area contributed by atoms with Crippen molar-refractivity contribution in [3.63, 3.8) is 0 Å². The van der Waals surface area contributed by atoms with E-state index >= 15 is 0 Å². The second-order valence-electron chi connectivity index (χ2n) is 5.53. The van der Waals surface area contributed by atoms with Crippen molar-refractivity contribution in [1.29, 1.82) is 0 Å². The maximum absolute atomic E-state index is 12.3. The van der Waals surface area contributed by atoms with Crippen LogP contribution in [-0.2, 0) is 11.2 Å². The van der Waals surface area contributed by atoms with Gasteiger partial charge in [0.05, 0.1) is 11.4 Å². The zero-order valence-corrected chi connectivity index (χ0v) is 14.2. The Morgan fingerprint density at radius 1 is 1.16 bits per heavy atom. The number of benzene rings is 2. The van der Waals surface area contributed by atoms with Gasteiger partial charge in [-0.15, -0.1) is 16.4 Å². The number of aryl methyl sites for hydroxylation is 1. The first-order chi connectivity index (χ1) is 12.2. The number of hydrogen-bond acceptors (Lipinski definition) is 6. The topological polar surface area (TPSA) is 80.9 Å². The molecule has 0 atom stereocenters. The van der Waals surface area contributed by atoms with Crippen molar-refractivity contribution in [1.82, 2.24) is 15.2 Å². The van der Waals surface area contributed by atoms with E-state index < -0.39 is 0 Å². The molecule has 4 rings (SSSR count). The Hall–Kier alpha value is -3.06. The molecule has 25 heavy (non-hydrogen) atoms. The molecule has 6 nitrogen and oxygen atoms in total. The molecule has 0 saturated heterocycles. The van der Waals surface area contributed by atoms with Crippen LogP contribution in [0.25, 0.3) is 22.4 Å². The average molecular weight is 350 g/mol. The number of anilines is 1. The molecule has 0 spiro atoms. The Kier molecular flexibility index (Phi) is 3.99. The van der Waals surface area contributed by atoms with Crippen LogP contribution in [0.3, 0.4) is 0 Å². The van der Waals surface area contributed by atoms with E-state index in [1.54, 1.807) is 0 Å². The molecular formula is C18H14N4O2S. The van der Waals surface area contributed by atoms with Gasteiger partial charge in [0.1, 0.15) is 5.69 Å². The minimum atomic E-state index is -0.207. The van der Waals surface area contributed by atoms with E-state index in [-0.39, 0.29) is 18.3 Å². The first-order valence-electron chi connectivity index (χ1n) is 7.71. The largest absolute Gasteiger partial charge is 0.401 e. The average Bonchev–Trinajstić information content (AvgIpc) is 3.24. The summed E-state index contributed by atoms with van der Waals surface area (Å²) in [5.41, 5.74) is 1.56. The molecule has 2 aromatic carbocycles. The molecular weight excluding hydrogens is 336 g/mol. The zero-order valence-electron chi connectivity index (χ0n) is 13.4. The molecule has 4 aromatic rings. The maximum Gasteiger partial charge on any atom is 0.322 e. The van der Waals surface area contributed by atoms with Crippen molar-refractivity contribution in [3.05, 3.63) is 58.4 Å². The van der Waals surface area contributed by atoms with E-state index in [4.69, 9.17) is 4.42 Å². The molecule has 0 bridgehead atoms. The molecule has 1 N–H and O–H groups in total. The fraction of sp³-hybridized carbons (Fsp3) is 0.111. The van der Waals surface area contributed by atoms with E-state index in [0.717, 1.165) is 21.3 Å². The second-order valence-corrected chi connectivity index (χ2v) is 6.59. The summed E-state index contributed by atoms with van der Waals surface area (Å²) in [7, 11) is 0. The highest BCUT2D eigenvalue weighted by molar-refractivity contribution is 7.09. The molecule has 0 aliphatic carbocycles. The van der Waals surface area contributed by atoms with Gasteiger partial charge in [-0.1, -0.05) is 47.6 Å². The molecule has 2 aromatic heterocycles. The van der Waals surface area contributed by atoms with Crippen LogP contribution in [0.2, 0.25) is 0 Å². The standard InChI is InChI=1S/C18H14N4O2S/c1-11-19-15(10-25-11)17-21-22-18(24-17)20-16(23)9-13-7-4-6-12-5-2-3-8-14(12)13/h2-8,10H,9H2,1H3,(H,20,22,23). The fourth-order valence-corrected chi connectivity index (χ4v) is 3.21. The van der Waals surface area contributed by atoms with Crippen molar-refractivity contribution < 1.29 is 9.21 Å². The number of amides is 1. The Morgan fingerprint density at radius 2 is 2.00 bits per heavy atom.